The highest BCUT2D eigenvalue weighted by molar-refractivity contribution is 6.19. The van der Waals surface area contributed by atoms with Crippen LogP contribution in [0.1, 0.15) is 0 Å². The van der Waals surface area contributed by atoms with E-state index in [9.17, 15) is 0 Å². The van der Waals surface area contributed by atoms with E-state index in [4.69, 9.17) is 23.8 Å². The minimum Gasteiger partial charge on any atom is -0.456 e. The SMILES string of the molecule is c1ccc(-c2nc(-c3ccccc3)nc(-c3ccc4c(c3)oc3cccc(-n5c6ccccc6c6cc7c(cc65)oc5ccccc57)c34)n2)cc1. The van der Waals surface area contributed by atoms with E-state index in [1.807, 2.05) is 84.9 Å². The molecule has 51 heavy (non-hydrogen) atoms. The van der Waals surface area contributed by atoms with Crippen molar-refractivity contribution in [2.24, 2.45) is 0 Å². The summed E-state index contributed by atoms with van der Waals surface area (Å²) in [5.41, 5.74) is 9.27. The number of furan rings is 2. The Morgan fingerprint density at radius 3 is 1.73 bits per heavy atom. The molecule has 4 aromatic heterocycles. The second-order valence-corrected chi connectivity index (χ2v) is 12.8. The zero-order valence-corrected chi connectivity index (χ0v) is 27.1. The third-order valence-electron chi connectivity index (χ3n) is 9.84. The highest BCUT2D eigenvalue weighted by Crippen LogP contribution is 2.42. The summed E-state index contributed by atoms with van der Waals surface area (Å²) in [5.74, 6) is 1.83. The number of fused-ring (bicyclic) bond motifs is 9. The highest BCUT2D eigenvalue weighted by Gasteiger charge is 2.21. The number of rotatable bonds is 4. The molecule has 11 aromatic rings. The molecule has 0 aliphatic heterocycles. The van der Waals surface area contributed by atoms with Crippen molar-refractivity contribution in [2.75, 3.05) is 0 Å². The molecule has 0 aliphatic rings. The van der Waals surface area contributed by atoms with E-state index in [-0.39, 0.29) is 0 Å². The molecular weight excluding hydrogens is 629 g/mol. The van der Waals surface area contributed by atoms with Crippen molar-refractivity contribution in [3.8, 4) is 39.9 Å². The first-order valence-corrected chi connectivity index (χ1v) is 16.9. The van der Waals surface area contributed by atoms with Crippen molar-refractivity contribution in [2.45, 2.75) is 0 Å². The topological polar surface area (TPSA) is 69.9 Å². The molecule has 0 saturated heterocycles. The average molecular weight is 655 g/mol. The van der Waals surface area contributed by atoms with Crippen LogP contribution in [-0.4, -0.2) is 19.5 Å². The van der Waals surface area contributed by atoms with Gasteiger partial charge in [-0.15, -0.1) is 0 Å². The van der Waals surface area contributed by atoms with E-state index in [2.05, 4.69) is 77.4 Å². The second kappa shape index (κ2) is 10.7. The summed E-state index contributed by atoms with van der Waals surface area (Å²) in [4.78, 5) is 14.8. The third-order valence-corrected chi connectivity index (χ3v) is 9.84. The third kappa shape index (κ3) is 4.26. The average Bonchev–Trinajstić information content (AvgIpc) is 3.86. The largest absolute Gasteiger partial charge is 0.456 e. The van der Waals surface area contributed by atoms with Gasteiger partial charge in [0, 0.05) is 49.7 Å². The van der Waals surface area contributed by atoms with Gasteiger partial charge in [-0.2, -0.15) is 0 Å². The van der Waals surface area contributed by atoms with Crippen LogP contribution in [0.15, 0.2) is 167 Å². The molecule has 0 fully saturated rings. The molecule has 6 nitrogen and oxygen atoms in total. The van der Waals surface area contributed by atoms with E-state index >= 15 is 0 Å². The van der Waals surface area contributed by atoms with Gasteiger partial charge in [0.05, 0.1) is 22.1 Å². The van der Waals surface area contributed by atoms with Crippen LogP contribution in [0.5, 0.6) is 0 Å². The minimum atomic E-state index is 0.586. The molecular formula is C45H26N4O2. The number of benzene rings is 7. The predicted octanol–water partition coefficient (Wildman–Crippen LogP) is 11.8. The van der Waals surface area contributed by atoms with Crippen LogP contribution in [0, 0.1) is 0 Å². The van der Waals surface area contributed by atoms with E-state index in [1.54, 1.807) is 0 Å². The predicted molar refractivity (Wildman–Crippen MR) is 205 cm³/mol. The van der Waals surface area contributed by atoms with Gasteiger partial charge >= 0.3 is 0 Å². The van der Waals surface area contributed by atoms with Crippen LogP contribution in [0.3, 0.4) is 0 Å². The Labute approximate surface area is 290 Å². The van der Waals surface area contributed by atoms with Crippen molar-refractivity contribution in [3.63, 3.8) is 0 Å². The van der Waals surface area contributed by atoms with E-state index in [0.29, 0.717) is 17.5 Å². The first kappa shape index (κ1) is 27.9. The zero-order chi connectivity index (χ0) is 33.5. The number of para-hydroxylation sites is 2. The Morgan fingerprint density at radius 1 is 0.353 bits per heavy atom. The molecule has 0 radical (unpaired) electrons. The van der Waals surface area contributed by atoms with Crippen molar-refractivity contribution in [3.05, 3.63) is 158 Å². The first-order valence-electron chi connectivity index (χ1n) is 16.9. The maximum Gasteiger partial charge on any atom is 0.164 e. The van der Waals surface area contributed by atoms with Gasteiger partial charge in [0.15, 0.2) is 17.5 Å². The van der Waals surface area contributed by atoms with Gasteiger partial charge < -0.3 is 13.4 Å². The van der Waals surface area contributed by atoms with Crippen molar-refractivity contribution in [1.29, 1.82) is 0 Å². The number of hydrogen-bond donors (Lipinski definition) is 0. The van der Waals surface area contributed by atoms with Crippen molar-refractivity contribution < 1.29 is 8.83 Å². The highest BCUT2D eigenvalue weighted by atomic mass is 16.3. The zero-order valence-electron chi connectivity index (χ0n) is 27.1. The Morgan fingerprint density at radius 2 is 0.961 bits per heavy atom. The van der Waals surface area contributed by atoms with Gasteiger partial charge in [-0.1, -0.05) is 109 Å². The molecule has 6 heteroatoms. The van der Waals surface area contributed by atoms with Crippen LogP contribution in [0.2, 0.25) is 0 Å². The Hall–Kier alpha value is -7.05. The summed E-state index contributed by atoms with van der Waals surface area (Å²) in [6.45, 7) is 0. The monoisotopic (exact) mass is 654 g/mol. The van der Waals surface area contributed by atoms with E-state index in [1.165, 1.54) is 10.8 Å². The lowest BCUT2D eigenvalue weighted by Crippen LogP contribution is -2.00. The molecule has 0 amide bonds. The maximum atomic E-state index is 6.61. The number of aromatic nitrogens is 4. The lowest BCUT2D eigenvalue weighted by molar-refractivity contribution is 0.669. The van der Waals surface area contributed by atoms with Gasteiger partial charge in [-0.25, -0.2) is 15.0 Å². The normalized spacial score (nSPS) is 11.9. The van der Waals surface area contributed by atoms with Gasteiger partial charge in [0.25, 0.3) is 0 Å². The van der Waals surface area contributed by atoms with Crippen molar-refractivity contribution in [1.82, 2.24) is 19.5 Å². The fourth-order valence-corrected chi connectivity index (χ4v) is 7.52. The second-order valence-electron chi connectivity index (χ2n) is 12.8. The van der Waals surface area contributed by atoms with Crippen LogP contribution in [-0.2, 0) is 0 Å². The molecule has 4 heterocycles. The standard InChI is InChI=1S/C45H26N4O2/c1-3-12-27(13-4-1)43-46-44(28-14-5-2-6-15-28)48-45(47-43)29-22-23-32-40(24-29)51-39-21-11-19-36(42(32)39)49-35-18-9-7-16-30(35)33-25-34-31-17-8-10-20-38(31)50-41(34)26-37(33)49/h1-26H. The summed E-state index contributed by atoms with van der Waals surface area (Å²) in [7, 11) is 0. The Bertz CT molecular complexity index is 3080. The van der Waals surface area contributed by atoms with Crippen LogP contribution >= 0.6 is 0 Å². The Balaban J connectivity index is 1.13. The maximum absolute atomic E-state index is 6.61. The molecule has 11 rings (SSSR count). The molecule has 238 valence electrons. The van der Waals surface area contributed by atoms with Gasteiger partial charge in [0.2, 0.25) is 0 Å². The van der Waals surface area contributed by atoms with E-state index < -0.39 is 0 Å². The Kier molecular flexibility index (Phi) is 5.86. The lowest BCUT2D eigenvalue weighted by Gasteiger charge is -2.10. The molecule has 0 bridgehead atoms. The van der Waals surface area contributed by atoms with Gasteiger partial charge in [-0.3, -0.25) is 0 Å². The molecule has 0 atom stereocenters. The van der Waals surface area contributed by atoms with Crippen LogP contribution in [0.4, 0.5) is 0 Å². The summed E-state index contributed by atoms with van der Waals surface area (Å²) in [6.07, 6.45) is 0. The smallest absolute Gasteiger partial charge is 0.164 e. The number of nitrogens with zero attached hydrogens (tertiary/aromatic N) is 4. The first-order chi connectivity index (χ1) is 25.3. The fourth-order valence-electron chi connectivity index (χ4n) is 7.52. The summed E-state index contributed by atoms with van der Waals surface area (Å²) in [5, 5.41) is 6.65. The minimum absolute atomic E-state index is 0.586. The quantitative estimate of drug-likeness (QED) is 0.189. The molecule has 0 spiro atoms. The summed E-state index contributed by atoms with van der Waals surface area (Å²) in [6, 6.07) is 53.8. The number of hydrogen-bond acceptors (Lipinski definition) is 5. The summed E-state index contributed by atoms with van der Waals surface area (Å²) < 4.78 is 15.3. The van der Waals surface area contributed by atoms with Crippen LogP contribution in [0.25, 0.3) is 106 Å². The molecule has 0 saturated carbocycles. The van der Waals surface area contributed by atoms with E-state index in [0.717, 1.165) is 77.3 Å². The molecule has 0 N–H and O–H groups in total. The molecule has 0 unspecified atom stereocenters. The van der Waals surface area contributed by atoms with Crippen molar-refractivity contribution >= 4 is 65.7 Å². The van der Waals surface area contributed by atoms with Crippen LogP contribution < -0.4 is 0 Å². The molecule has 7 aromatic carbocycles. The lowest BCUT2D eigenvalue weighted by atomic mass is 10.1. The summed E-state index contributed by atoms with van der Waals surface area (Å²) >= 11 is 0. The fraction of sp³-hybridized carbons (Fsp3) is 0. The van der Waals surface area contributed by atoms with Gasteiger partial charge in [0.1, 0.15) is 22.3 Å². The van der Waals surface area contributed by atoms with Gasteiger partial charge in [-0.05, 0) is 42.5 Å². The molecule has 0 aliphatic carbocycles.